The van der Waals surface area contributed by atoms with Gasteiger partial charge in [-0.15, -0.1) is 0 Å². The Morgan fingerprint density at radius 1 is 1.60 bits per heavy atom. The van der Waals surface area contributed by atoms with Gasteiger partial charge in [-0.2, -0.15) is 0 Å². The minimum absolute atomic E-state index is 0.104. The average molecular weight is 140 g/mol. The number of hydrogen-bond donors (Lipinski definition) is 1. The van der Waals surface area contributed by atoms with Gasteiger partial charge in [0.2, 0.25) is 5.91 Å². The molecule has 3 heteroatoms. The number of carbonyl (C=O) groups is 1. The summed E-state index contributed by atoms with van der Waals surface area (Å²) in [6.07, 6.45) is 2.15. The Morgan fingerprint density at radius 2 is 2.40 bits per heavy atom. The van der Waals surface area contributed by atoms with E-state index >= 15 is 0 Å². The number of carbonyl (C=O) groups excluding carboxylic acids is 1. The maximum absolute atomic E-state index is 10.8. The largest absolute Gasteiger partial charge is 0.369 e. The van der Waals surface area contributed by atoms with Crippen LogP contribution in [0.2, 0.25) is 0 Å². The minimum atomic E-state index is -0.104. The molecular weight excluding hydrogens is 128 g/mol. The second-order valence-corrected chi connectivity index (χ2v) is 3.21. The van der Waals surface area contributed by atoms with Crippen molar-refractivity contribution >= 4 is 5.91 Å². The highest BCUT2D eigenvalue weighted by atomic mass is 16.1. The molecule has 0 spiro atoms. The molecule has 2 N–H and O–H groups in total. The van der Waals surface area contributed by atoms with Crippen LogP contribution < -0.4 is 5.73 Å². The standard InChI is InChI=1S/C7H12N2O/c8-7(10)5-2-1-3-9-4-6(5)9/h5-6H,1-4H2,(H2,8,10). The first-order chi connectivity index (χ1) is 4.79. The van der Waals surface area contributed by atoms with Crippen molar-refractivity contribution in [1.82, 2.24) is 4.90 Å². The molecule has 2 rings (SSSR count). The van der Waals surface area contributed by atoms with Crippen molar-refractivity contribution in [3.63, 3.8) is 0 Å². The summed E-state index contributed by atoms with van der Waals surface area (Å²) < 4.78 is 0. The van der Waals surface area contributed by atoms with Crippen LogP contribution >= 0.6 is 0 Å². The van der Waals surface area contributed by atoms with E-state index in [0.29, 0.717) is 6.04 Å². The summed E-state index contributed by atoms with van der Waals surface area (Å²) in [5, 5.41) is 0. The van der Waals surface area contributed by atoms with Crippen LogP contribution in [0.3, 0.4) is 0 Å². The number of fused-ring (bicyclic) bond motifs is 1. The van der Waals surface area contributed by atoms with E-state index < -0.39 is 0 Å². The van der Waals surface area contributed by atoms with Gasteiger partial charge in [-0.05, 0) is 19.4 Å². The monoisotopic (exact) mass is 140 g/mol. The van der Waals surface area contributed by atoms with Gasteiger partial charge in [0.1, 0.15) is 0 Å². The van der Waals surface area contributed by atoms with Crippen LogP contribution in [0.5, 0.6) is 0 Å². The average Bonchev–Trinajstić information content (AvgIpc) is 2.63. The second kappa shape index (κ2) is 1.95. The molecule has 56 valence electrons. The number of piperidine rings is 1. The van der Waals surface area contributed by atoms with Crippen molar-refractivity contribution in [3.8, 4) is 0 Å². The smallest absolute Gasteiger partial charge is 0.222 e. The molecular formula is C7H12N2O. The lowest BCUT2D eigenvalue weighted by atomic mass is 9.96. The van der Waals surface area contributed by atoms with Crippen molar-refractivity contribution in [3.05, 3.63) is 0 Å². The number of rotatable bonds is 1. The first-order valence-electron chi connectivity index (χ1n) is 3.82. The lowest BCUT2D eigenvalue weighted by molar-refractivity contribution is -0.122. The maximum Gasteiger partial charge on any atom is 0.222 e. The van der Waals surface area contributed by atoms with E-state index in [2.05, 4.69) is 4.90 Å². The summed E-state index contributed by atoms with van der Waals surface area (Å²) >= 11 is 0. The molecule has 0 saturated carbocycles. The fourth-order valence-corrected chi connectivity index (χ4v) is 1.87. The lowest BCUT2D eigenvalue weighted by Gasteiger charge is -2.18. The Morgan fingerprint density at radius 3 is 3.00 bits per heavy atom. The zero-order valence-corrected chi connectivity index (χ0v) is 5.92. The third-order valence-electron chi connectivity index (χ3n) is 2.55. The molecule has 1 amide bonds. The maximum atomic E-state index is 10.8. The lowest BCUT2D eigenvalue weighted by Crippen LogP contribution is -2.32. The van der Waals surface area contributed by atoms with Gasteiger partial charge in [0.15, 0.2) is 0 Å². The van der Waals surface area contributed by atoms with E-state index in [1.807, 2.05) is 0 Å². The van der Waals surface area contributed by atoms with Gasteiger partial charge >= 0.3 is 0 Å². The Labute approximate surface area is 60.2 Å². The molecule has 0 aromatic rings. The summed E-state index contributed by atoms with van der Waals surface area (Å²) in [6, 6.07) is 0.520. The topological polar surface area (TPSA) is 46.1 Å². The molecule has 2 saturated heterocycles. The summed E-state index contributed by atoms with van der Waals surface area (Å²) in [5.41, 5.74) is 5.22. The predicted molar refractivity (Wildman–Crippen MR) is 37.3 cm³/mol. The molecule has 2 fully saturated rings. The third-order valence-corrected chi connectivity index (χ3v) is 2.55. The minimum Gasteiger partial charge on any atom is -0.369 e. The van der Waals surface area contributed by atoms with Crippen LogP contribution in [0, 0.1) is 5.92 Å². The van der Waals surface area contributed by atoms with E-state index in [1.54, 1.807) is 0 Å². The highest BCUT2D eigenvalue weighted by Crippen LogP contribution is 2.33. The van der Waals surface area contributed by atoms with Gasteiger partial charge in [-0.1, -0.05) is 0 Å². The molecule has 0 aromatic carbocycles. The van der Waals surface area contributed by atoms with E-state index in [1.165, 1.54) is 6.54 Å². The summed E-state index contributed by atoms with van der Waals surface area (Å²) in [5.74, 6) is 0.0564. The van der Waals surface area contributed by atoms with Crippen LogP contribution in [0.25, 0.3) is 0 Å². The van der Waals surface area contributed by atoms with Gasteiger partial charge in [0.25, 0.3) is 0 Å². The summed E-state index contributed by atoms with van der Waals surface area (Å²) in [4.78, 5) is 13.1. The highest BCUT2D eigenvalue weighted by molar-refractivity contribution is 5.78. The third kappa shape index (κ3) is 0.814. The Kier molecular flexibility index (Phi) is 1.20. The van der Waals surface area contributed by atoms with Crippen LogP contribution in [0.4, 0.5) is 0 Å². The van der Waals surface area contributed by atoms with Crippen molar-refractivity contribution in [2.45, 2.75) is 18.9 Å². The van der Waals surface area contributed by atoms with Crippen molar-refractivity contribution in [2.75, 3.05) is 13.1 Å². The number of nitrogens with two attached hydrogens (primary N) is 1. The van der Waals surface area contributed by atoms with E-state index in [-0.39, 0.29) is 11.8 Å². The number of nitrogens with zero attached hydrogens (tertiary/aromatic N) is 1. The summed E-state index contributed by atoms with van der Waals surface area (Å²) in [6.45, 7) is 2.28. The van der Waals surface area contributed by atoms with Crippen LogP contribution in [0.1, 0.15) is 12.8 Å². The van der Waals surface area contributed by atoms with E-state index in [4.69, 9.17) is 5.73 Å². The second-order valence-electron chi connectivity index (χ2n) is 3.21. The van der Waals surface area contributed by atoms with Crippen LogP contribution in [-0.4, -0.2) is 29.9 Å². The van der Waals surface area contributed by atoms with Gasteiger partial charge in [-0.25, -0.2) is 0 Å². The van der Waals surface area contributed by atoms with Crippen molar-refractivity contribution in [1.29, 1.82) is 0 Å². The molecule has 0 bridgehead atoms. The molecule has 10 heavy (non-hydrogen) atoms. The predicted octanol–water partition coefficient (Wildman–Crippen LogP) is -0.434. The first-order valence-corrected chi connectivity index (χ1v) is 3.82. The number of hydrogen-bond acceptors (Lipinski definition) is 2. The Bertz CT molecular complexity index is 169. The van der Waals surface area contributed by atoms with Gasteiger partial charge in [-0.3, -0.25) is 9.69 Å². The number of primary amides is 1. The highest BCUT2D eigenvalue weighted by Gasteiger charge is 2.45. The van der Waals surface area contributed by atoms with E-state index in [0.717, 1.165) is 19.4 Å². The molecule has 3 unspecified atom stereocenters. The van der Waals surface area contributed by atoms with Crippen molar-refractivity contribution in [2.24, 2.45) is 11.7 Å². The molecule has 0 radical (unpaired) electrons. The normalized spacial score (nSPS) is 44.2. The molecule has 2 aliphatic rings. The summed E-state index contributed by atoms with van der Waals surface area (Å²) in [7, 11) is 0. The Balaban J connectivity index is 2.02. The molecule has 2 heterocycles. The first kappa shape index (κ1) is 6.16. The van der Waals surface area contributed by atoms with Crippen LogP contribution in [-0.2, 0) is 4.79 Å². The quantitative estimate of drug-likeness (QED) is 0.502. The SMILES string of the molecule is NC(=O)C1CCCN2CC12. The zero-order chi connectivity index (χ0) is 7.14. The molecule has 3 nitrogen and oxygen atoms in total. The number of amides is 1. The zero-order valence-electron chi connectivity index (χ0n) is 5.92. The van der Waals surface area contributed by atoms with Gasteiger partial charge < -0.3 is 5.73 Å². The molecule has 3 atom stereocenters. The van der Waals surface area contributed by atoms with Crippen molar-refractivity contribution < 1.29 is 4.79 Å². The van der Waals surface area contributed by atoms with Gasteiger partial charge in [0.05, 0.1) is 5.92 Å². The van der Waals surface area contributed by atoms with Crippen LogP contribution in [0.15, 0.2) is 0 Å². The van der Waals surface area contributed by atoms with E-state index in [9.17, 15) is 4.79 Å². The molecule has 0 aromatic heterocycles. The Hall–Kier alpha value is -0.570. The van der Waals surface area contributed by atoms with Gasteiger partial charge in [0, 0.05) is 12.6 Å². The molecule has 0 aliphatic carbocycles. The molecule has 2 aliphatic heterocycles. The fraction of sp³-hybridized carbons (Fsp3) is 0.857. The fourth-order valence-electron chi connectivity index (χ4n) is 1.87.